The van der Waals surface area contributed by atoms with E-state index in [1.165, 1.54) is 7.11 Å². The van der Waals surface area contributed by atoms with Crippen molar-refractivity contribution in [2.24, 2.45) is 0 Å². The highest BCUT2D eigenvalue weighted by molar-refractivity contribution is 7.19. The molecule has 12 heavy (non-hydrogen) atoms. The van der Waals surface area contributed by atoms with Crippen LogP contribution in [0.2, 0.25) is 9.36 Å². The van der Waals surface area contributed by atoms with Gasteiger partial charge in [0.15, 0.2) is 0 Å². The van der Waals surface area contributed by atoms with Gasteiger partial charge in [-0.25, -0.2) is 4.79 Å². The number of carbonyl (C=O) groups excluding carboxylic acids is 1. The molecule has 1 rings (SSSR count). The molecule has 0 unspecified atom stereocenters. The van der Waals surface area contributed by atoms with Crippen LogP contribution in [0.25, 0.3) is 0 Å². The van der Waals surface area contributed by atoms with Gasteiger partial charge in [-0.2, -0.15) is 0 Å². The SMILES string of the molecule is COC(=O)c1sc(Cl)c(Cl)c1N. The molecule has 0 aliphatic heterocycles. The molecule has 0 bridgehead atoms. The van der Waals surface area contributed by atoms with Crippen LogP contribution >= 0.6 is 34.5 Å². The van der Waals surface area contributed by atoms with Crippen molar-refractivity contribution in [1.82, 2.24) is 0 Å². The molecule has 0 spiro atoms. The lowest BCUT2D eigenvalue weighted by Gasteiger charge is -1.95. The third-order valence-corrected chi connectivity index (χ3v) is 3.21. The van der Waals surface area contributed by atoms with Crippen molar-refractivity contribution >= 4 is 46.2 Å². The number of halogens is 2. The number of nitrogens with two attached hydrogens (primary N) is 1. The Morgan fingerprint density at radius 1 is 1.58 bits per heavy atom. The molecule has 0 aromatic carbocycles. The Hall–Kier alpha value is -0.450. The third-order valence-electron chi connectivity index (χ3n) is 1.22. The van der Waals surface area contributed by atoms with E-state index >= 15 is 0 Å². The van der Waals surface area contributed by atoms with Crippen molar-refractivity contribution in [1.29, 1.82) is 0 Å². The van der Waals surface area contributed by atoms with E-state index in [4.69, 9.17) is 28.9 Å². The lowest BCUT2D eigenvalue weighted by atomic mass is 10.4. The van der Waals surface area contributed by atoms with Crippen molar-refractivity contribution < 1.29 is 9.53 Å². The second kappa shape index (κ2) is 3.51. The molecule has 2 N–H and O–H groups in total. The zero-order chi connectivity index (χ0) is 9.30. The summed E-state index contributed by atoms with van der Waals surface area (Å²) in [5.74, 6) is -0.522. The molecule has 0 fully saturated rings. The number of anilines is 1. The molecular weight excluding hydrogens is 221 g/mol. The second-order valence-electron chi connectivity index (χ2n) is 1.92. The molecule has 0 aliphatic rings. The van der Waals surface area contributed by atoms with E-state index in [1.54, 1.807) is 0 Å². The number of rotatable bonds is 1. The predicted octanol–water partition coefficient (Wildman–Crippen LogP) is 2.42. The third kappa shape index (κ3) is 1.50. The van der Waals surface area contributed by atoms with E-state index in [1.807, 2.05) is 0 Å². The Kier molecular flexibility index (Phi) is 2.82. The summed E-state index contributed by atoms with van der Waals surface area (Å²) >= 11 is 12.3. The number of esters is 1. The van der Waals surface area contributed by atoms with Gasteiger partial charge in [0.25, 0.3) is 0 Å². The minimum atomic E-state index is -0.522. The number of hydrogen-bond acceptors (Lipinski definition) is 4. The minimum Gasteiger partial charge on any atom is -0.465 e. The number of thiophene rings is 1. The van der Waals surface area contributed by atoms with Gasteiger partial charge in [0.05, 0.1) is 17.8 Å². The summed E-state index contributed by atoms with van der Waals surface area (Å²) in [4.78, 5) is 11.2. The zero-order valence-electron chi connectivity index (χ0n) is 6.06. The van der Waals surface area contributed by atoms with Crippen molar-refractivity contribution in [2.45, 2.75) is 0 Å². The van der Waals surface area contributed by atoms with Crippen molar-refractivity contribution in [3.05, 3.63) is 14.2 Å². The normalized spacial score (nSPS) is 9.92. The fourth-order valence-corrected chi connectivity index (χ4v) is 2.00. The molecule has 1 aromatic rings. The molecule has 6 heteroatoms. The van der Waals surface area contributed by atoms with Crippen molar-refractivity contribution in [3.8, 4) is 0 Å². The summed E-state index contributed by atoms with van der Waals surface area (Å²) in [6.45, 7) is 0. The first-order chi connectivity index (χ1) is 5.57. The minimum absolute atomic E-state index is 0.179. The van der Waals surface area contributed by atoms with E-state index < -0.39 is 5.97 Å². The zero-order valence-corrected chi connectivity index (χ0v) is 8.39. The smallest absolute Gasteiger partial charge is 0.350 e. The van der Waals surface area contributed by atoms with Gasteiger partial charge in [0, 0.05) is 0 Å². The monoisotopic (exact) mass is 225 g/mol. The number of ether oxygens (including phenoxy) is 1. The first-order valence-electron chi connectivity index (χ1n) is 2.89. The molecular formula is C6H5Cl2NO2S. The quantitative estimate of drug-likeness (QED) is 0.748. The molecule has 0 atom stereocenters. The van der Waals surface area contributed by atoms with Crippen molar-refractivity contribution in [3.63, 3.8) is 0 Å². The number of carbonyl (C=O) groups is 1. The summed E-state index contributed by atoms with van der Waals surface area (Å²) in [7, 11) is 1.27. The fourth-order valence-electron chi connectivity index (χ4n) is 0.639. The van der Waals surface area contributed by atoms with Crippen LogP contribution in [0.5, 0.6) is 0 Å². The molecule has 3 nitrogen and oxygen atoms in total. The van der Waals surface area contributed by atoms with Crippen LogP contribution in [0, 0.1) is 0 Å². The van der Waals surface area contributed by atoms with Crippen LogP contribution in [-0.2, 0) is 4.74 Å². The van der Waals surface area contributed by atoms with Gasteiger partial charge in [0.1, 0.15) is 9.21 Å². The number of nitrogen functional groups attached to an aromatic ring is 1. The standard InChI is InChI=1S/C6H5Cl2NO2S/c1-11-6(10)4-3(9)2(7)5(8)12-4/h9H2,1H3. The number of hydrogen-bond donors (Lipinski definition) is 1. The Morgan fingerprint density at radius 3 is 2.50 bits per heavy atom. The summed E-state index contributed by atoms with van der Waals surface area (Å²) in [5.41, 5.74) is 5.65. The first-order valence-corrected chi connectivity index (χ1v) is 4.46. The van der Waals surface area contributed by atoms with Crippen LogP contribution < -0.4 is 5.73 Å². The molecule has 0 saturated carbocycles. The molecule has 0 radical (unpaired) electrons. The average molecular weight is 226 g/mol. The molecule has 1 heterocycles. The Bertz CT molecular complexity index is 324. The molecule has 0 aliphatic carbocycles. The predicted molar refractivity (Wildman–Crippen MR) is 50.1 cm³/mol. The Morgan fingerprint density at radius 2 is 2.17 bits per heavy atom. The van der Waals surface area contributed by atoms with Crippen molar-refractivity contribution in [2.75, 3.05) is 12.8 Å². The van der Waals surface area contributed by atoms with Crippen LogP contribution in [0.1, 0.15) is 9.67 Å². The average Bonchev–Trinajstić information content (AvgIpc) is 2.32. The highest BCUT2D eigenvalue weighted by atomic mass is 35.5. The van der Waals surface area contributed by atoms with Gasteiger partial charge >= 0.3 is 5.97 Å². The number of methoxy groups -OCH3 is 1. The summed E-state index contributed by atoms with van der Waals surface area (Å²) in [6.07, 6.45) is 0. The topological polar surface area (TPSA) is 52.3 Å². The van der Waals surface area contributed by atoms with E-state index in [0.29, 0.717) is 4.34 Å². The van der Waals surface area contributed by atoms with Gasteiger partial charge in [-0.3, -0.25) is 0 Å². The lowest BCUT2D eigenvalue weighted by molar-refractivity contribution is 0.0607. The maximum atomic E-state index is 11.0. The van der Waals surface area contributed by atoms with Gasteiger partial charge in [-0.15, -0.1) is 11.3 Å². The van der Waals surface area contributed by atoms with Gasteiger partial charge < -0.3 is 10.5 Å². The summed E-state index contributed by atoms with van der Waals surface area (Å²) in [6, 6.07) is 0. The van der Waals surface area contributed by atoms with Crippen LogP contribution in [0.15, 0.2) is 0 Å². The fraction of sp³-hybridized carbons (Fsp3) is 0.167. The lowest BCUT2D eigenvalue weighted by Crippen LogP contribution is -2.01. The Balaban J connectivity index is 3.17. The highest BCUT2D eigenvalue weighted by Crippen LogP contribution is 2.39. The largest absolute Gasteiger partial charge is 0.465 e. The van der Waals surface area contributed by atoms with Gasteiger partial charge in [-0.05, 0) is 0 Å². The van der Waals surface area contributed by atoms with E-state index in [-0.39, 0.29) is 15.6 Å². The van der Waals surface area contributed by atoms with E-state index in [0.717, 1.165) is 11.3 Å². The van der Waals surface area contributed by atoms with Crippen LogP contribution in [0.4, 0.5) is 5.69 Å². The molecule has 1 aromatic heterocycles. The molecule has 0 saturated heterocycles. The first kappa shape index (κ1) is 9.64. The Labute approximate surface area is 83.0 Å². The van der Waals surface area contributed by atoms with Gasteiger partial charge in [-0.1, -0.05) is 23.2 Å². The van der Waals surface area contributed by atoms with E-state index in [2.05, 4.69) is 4.74 Å². The maximum absolute atomic E-state index is 11.0. The molecule has 66 valence electrons. The summed E-state index contributed by atoms with van der Waals surface area (Å²) < 4.78 is 4.76. The second-order valence-corrected chi connectivity index (χ2v) is 3.92. The summed E-state index contributed by atoms with van der Waals surface area (Å²) in [5, 5.41) is 0.210. The van der Waals surface area contributed by atoms with Crippen LogP contribution in [0.3, 0.4) is 0 Å². The van der Waals surface area contributed by atoms with Crippen LogP contribution in [-0.4, -0.2) is 13.1 Å². The van der Waals surface area contributed by atoms with Gasteiger partial charge in [0.2, 0.25) is 0 Å². The molecule has 0 amide bonds. The van der Waals surface area contributed by atoms with E-state index in [9.17, 15) is 4.79 Å². The highest BCUT2D eigenvalue weighted by Gasteiger charge is 2.18. The maximum Gasteiger partial charge on any atom is 0.350 e.